The summed E-state index contributed by atoms with van der Waals surface area (Å²) in [6.45, 7) is 2.09. The molecular formula is C15H16ClNO2S2. The van der Waals surface area contributed by atoms with Crippen LogP contribution in [0.1, 0.15) is 19.8 Å². The van der Waals surface area contributed by atoms with Gasteiger partial charge in [0, 0.05) is 15.9 Å². The molecule has 1 N–H and O–H groups in total. The SMILES string of the molecule is CC[C@@H]1C[C@H]1NS(=O)(=O)c1ccc(-c2ccc(Cl)cc2)s1. The third-order valence-corrected chi connectivity index (χ3v) is 7.10. The van der Waals surface area contributed by atoms with Crippen molar-refractivity contribution in [3.63, 3.8) is 0 Å². The van der Waals surface area contributed by atoms with E-state index >= 15 is 0 Å². The zero-order valence-corrected chi connectivity index (χ0v) is 13.9. The number of nitrogens with one attached hydrogen (secondary N) is 1. The van der Waals surface area contributed by atoms with Crippen LogP contribution in [0.5, 0.6) is 0 Å². The predicted octanol–water partition coefficient (Wildman–Crippen LogP) is 4.15. The van der Waals surface area contributed by atoms with E-state index < -0.39 is 10.0 Å². The highest BCUT2D eigenvalue weighted by atomic mass is 35.5. The molecule has 112 valence electrons. The molecule has 1 saturated carbocycles. The molecule has 0 radical (unpaired) electrons. The van der Waals surface area contributed by atoms with Gasteiger partial charge in [-0.1, -0.05) is 37.1 Å². The number of sulfonamides is 1. The molecule has 1 aliphatic rings. The Hall–Kier alpha value is -0.880. The van der Waals surface area contributed by atoms with Crippen molar-refractivity contribution >= 4 is 33.0 Å². The number of hydrogen-bond donors (Lipinski definition) is 1. The summed E-state index contributed by atoms with van der Waals surface area (Å²) in [6, 6.07) is 11.0. The number of rotatable bonds is 5. The Kier molecular flexibility index (Phi) is 4.10. The normalized spacial score (nSPS) is 21.4. The fourth-order valence-corrected chi connectivity index (χ4v) is 5.11. The Balaban J connectivity index is 1.79. The van der Waals surface area contributed by atoms with Crippen molar-refractivity contribution < 1.29 is 8.42 Å². The molecule has 21 heavy (non-hydrogen) atoms. The lowest BCUT2D eigenvalue weighted by molar-refractivity contribution is 0.578. The molecule has 1 aromatic heterocycles. The zero-order valence-electron chi connectivity index (χ0n) is 11.5. The number of thiophene rings is 1. The first-order valence-electron chi connectivity index (χ1n) is 6.87. The van der Waals surface area contributed by atoms with Crippen LogP contribution >= 0.6 is 22.9 Å². The summed E-state index contributed by atoms with van der Waals surface area (Å²) in [4.78, 5) is 0.926. The second-order valence-corrected chi connectivity index (χ2v) is 8.72. The maximum absolute atomic E-state index is 12.3. The largest absolute Gasteiger partial charge is 0.250 e. The van der Waals surface area contributed by atoms with E-state index in [1.165, 1.54) is 11.3 Å². The monoisotopic (exact) mass is 341 g/mol. The average Bonchev–Trinajstić information content (AvgIpc) is 2.99. The maximum Gasteiger partial charge on any atom is 0.250 e. The predicted molar refractivity (Wildman–Crippen MR) is 87.3 cm³/mol. The van der Waals surface area contributed by atoms with E-state index in [1.54, 1.807) is 18.2 Å². The van der Waals surface area contributed by atoms with Crippen LogP contribution in [0.2, 0.25) is 5.02 Å². The van der Waals surface area contributed by atoms with Crippen LogP contribution < -0.4 is 4.72 Å². The van der Waals surface area contributed by atoms with E-state index in [0.717, 1.165) is 23.3 Å². The third-order valence-electron chi connectivity index (χ3n) is 3.73. The number of benzene rings is 1. The highest BCUT2D eigenvalue weighted by Crippen LogP contribution is 2.36. The van der Waals surface area contributed by atoms with E-state index in [-0.39, 0.29) is 6.04 Å². The molecule has 0 bridgehead atoms. The highest BCUT2D eigenvalue weighted by Gasteiger charge is 2.38. The van der Waals surface area contributed by atoms with Crippen molar-refractivity contribution in [3.8, 4) is 10.4 Å². The first-order chi connectivity index (χ1) is 9.99. The molecule has 3 rings (SSSR count). The van der Waals surface area contributed by atoms with Gasteiger partial charge in [-0.05, 0) is 42.2 Å². The highest BCUT2D eigenvalue weighted by molar-refractivity contribution is 7.91. The minimum absolute atomic E-state index is 0.112. The molecule has 6 heteroatoms. The van der Waals surface area contributed by atoms with Crippen LogP contribution in [0.15, 0.2) is 40.6 Å². The second kappa shape index (κ2) is 5.72. The molecule has 0 amide bonds. The zero-order chi connectivity index (χ0) is 15.0. The lowest BCUT2D eigenvalue weighted by Crippen LogP contribution is -2.26. The summed E-state index contributed by atoms with van der Waals surface area (Å²) >= 11 is 7.15. The van der Waals surface area contributed by atoms with E-state index in [4.69, 9.17) is 11.6 Å². The summed E-state index contributed by atoms with van der Waals surface area (Å²) in [5.74, 6) is 0.496. The third kappa shape index (κ3) is 3.31. The Morgan fingerprint density at radius 2 is 1.95 bits per heavy atom. The molecule has 0 aliphatic heterocycles. The van der Waals surface area contributed by atoms with Gasteiger partial charge >= 0.3 is 0 Å². The van der Waals surface area contributed by atoms with Crippen LogP contribution in [0.25, 0.3) is 10.4 Å². The molecule has 0 saturated heterocycles. The van der Waals surface area contributed by atoms with Crippen molar-refractivity contribution in [2.24, 2.45) is 5.92 Å². The van der Waals surface area contributed by atoms with Crippen molar-refractivity contribution in [1.29, 1.82) is 0 Å². The van der Waals surface area contributed by atoms with Crippen molar-refractivity contribution in [2.45, 2.75) is 30.0 Å². The molecule has 2 atom stereocenters. The molecule has 0 unspecified atom stereocenters. The van der Waals surface area contributed by atoms with Gasteiger partial charge in [0.15, 0.2) is 0 Å². The lowest BCUT2D eigenvalue weighted by Gasteiger charge is -2.03. The molecule has 1 fully saturated rings. The first-order valence-corrected chi connectivity index (χ1v) is 9.55. The molecule has 3 nitrogen and oxygen atoms in total. The Morgan fingerprint density at radius 1 is 1.24 bits per heavy atom. The Morgan fingerprint density at radius 3 is 2.57 bits per heavy atom. The van der Waals surface area contributed by atoms with Gasteiger partial charge in [-0.2, -0.15) is 0 Å². The summed E-state index contributed by atoms with van der Waals surface area (Å²) < 4.78 is 27.8. The minimum Gasteiger partial charge on any atom is -0.207 e. The molecule has 1 aliphatic carbocycles. The van der Waals surface area contributed by atoms with Gasteiger partial charge in [-0.15, -0.1) is 11.3 Å². The van der Waals surface area contributed by atoms with Gasteiger partial charge in [0.1, 0.15) is 4.21 Å². The van der Waals surface area contributed by atoms with Crippen LogP contribution in [0.3, 0.4) is 0 Å². The van der Waals surface area contributed by atoms with Crippen LogP contribution in [0, 0.1) is 5.92 Å². The van der Waals surface area contributed by atoms with Crippen molar-refractivity contribution in [3.05, 3.63) is 41.4 Å². The lowest BCUT2D eigenvalue weighted by atomic mass is 10.2. The fraction of sp³-hybridized carbons (Fsp3) is 0.333. The van der Waals surface area contributed by atoms with Crippen LogP contribution in [0.4, 0.5) is 0 Å². The Bertz CT molecular complexity index is 737. The summed E-state index contributed by atoms with van der Waals surface area (Å²) in [6.07, 6.45) is 1.97. The molecule has 1 heterocycles. The van der Waals surface area contributed by atoms with Gasteiger partial charge in [0.2, 0.25) is 10.0 Å². The molecular weight excluding hydrogens is 326 g/mol. The Labute approximate surface area is 134 Å². The van der Waals surface area contributed by atoms with Gasteiger partial charge in [-0.3, -0.25) is 0 Å². The second-order valence-electron chi connectivity index (χ2n) is 5.26. The summed E-state index contributed by atoms with van der Waals surface area (Å²) in [7, 11) is -3.39. The minimum atomic E-state index is -3.39. The van der Waals surface area contributed by atoms with Crippen LogP contribution in [-0.2, 0) is 10.0 Å². The standard InChI is InChI=1S/C15H16ClNO2S2/c1-2-10-9-13(10)17-21(18,19)15-8-7-14(20-15)11-3-5-12(16)6-4-11/h3-8,10,13,17H,2,9H2,1H3/t10-,13-/m1/s1. The first kappa shape index (κ1) is 15.0. The van der Waals surface area contributed by atoms with Crippen molar-refractivity contribution in [2.75, 3.05) is 0 Å². The summed E-state index contributed by atoms with van der Waals surface area (Å²) in [5.41, 5.74) is 0.976. The quantitative estimate of drug-likeness (QED) is 0.888. The van der Waals surface area contributed by atoms with Gasteiger partial charge in [0.25, 0.3) is 0 Å². The average molecular weight is 342 g/mol. The summed E-state index contributed by atoms with van der Waals surface area (Å²) in [5, 5.41) is 0.671. The smallest absolute Gasteiger partial charge is 0.207 e. The van der Waals surface area contributed by atoms with E-state index in [1.807, 2.05) is 18.2 Å². The van der Waals surface area contributed by atoms with Crippen molar-refractivity contribution in [1.82, 2.24) is 4.72 Å². The van der Waals surface area contributed by atoms with Gasteiger partial charge < -0.3 is 0 Å². The van der Waals surface area contributed by atoms with E-state index in [0.29, 0.717) is 15.1 Å². The van der Waals surface area contributed by atoms with Gasteiger partial charge in [-0.25, -0.2) is 13.1 Å². The van der Waals surface area contributed by atoms with Crippen LogP contribution in [-0.4, -0.2) is 14.5 Å². The van der Waals surface area contributed by atoms with E-state index in [2.05, 4.69) is 11.6 Å². The molecule has 0 spiro atoms. The maximum atomic E-state index is 12.3. The number of halogens is 1. The topological polar surface area (TPSA) is 46.2 Å². The molecule has 1 aromatic carbocycles. The van der Waals surface area contributed by atoms with Gasteiger partial charge in [0.05, 0.1) is 0 Å². The van der Waals surface area contributed by atoms with E-state index in [9.17, 15) is 8.42 Å². The fourth-order valence-electron chi connectivity index (χ4n) is 2.33. The molecule has 2 aromatic rings. The number of hydrogen-bond acceptors (Lipinski definition) is 3.